The van der Waals surface area contributed by atoms with Crippen molar-refractivity contribution < 1.29 is 44.7 Å². The van der Waals surface area contributed by atoms with Crippen molar-refractivity contribution in [2.45, 2.75) is 44.4 Å². The van der Waals surface area contributed by atoms with Crippen molar-refractivity contribution in [1.82, 2.24) is 0 Å². The van der Waals surface area contributed by atoms with Gasteiger partial charge in [0.25, 0.3) is 0 Å². The fraction of sp³-hybridized carbons (Fsp3) is 0.929. The Morgan fingerprint density at radius 1 is 1.13 bits per heavy atom. The lowest BCUT2D eigenvalue weighted by molar-refractivity contribution is -0.873. The zero-order chi connectivity index (χ0) is 18.8. The molecule has 9 nitrogen and oxygen atoms in total. The summed E-state index contributed by atoms with van der Waals surface area (Å²) in [5.41, 5.74) is 0. The number of carboxylic acids is 1. The molecule has 0 saturated carbocycles. The lowest BCUT2D eigenvalue weighted by atomic mass is 10.0. The second kappa shape index (κ2) is 11.7. The predicted octanol–water partition coefficient (Wildman–Crippen LogP) is -3.71. The summed E-state index contributed by atoms with van der Waals surface area (Å²) >= 11 is 0. The molecule has 0 aliphatic carbocycles. The van der Waals surface area contributed by atoms with E-state index in [4.69, 9.17) is 15.3 Å². The van der Waals surface area contributed by atoms with E-state index >= 15 is 0 Å². The molecule has 0 aromatic carbocycles. The van der Waals surface area contributed by atoms with Crippen LogP contribution in [-0.2, 0) is 9.53 Å². The van der Waals surface area contributed by atoms with E-state index in [9.17, 15) is 20.1 Å². The first-order valence-corrected chi connectivity index (χ1v) is 7.33. The highest BCUT2D eigenvalue weighted by Crippen LogP contribution is 2.07. The molecule has 0 heterocycles. The highest BCUT2D eigenvalue weighted by Gasteiger charge is 2.32. The smallest absolute Gasteiger partial charge is 0.125 e. The van der Waals surface area contributed by atoms with Crippen molar-refractivity contribution in [3.8, 4) is 0 Å². The summed E-state index contributed by atoms with van der Waals surface area (Å²) in [6.07, 6.45) is -7.25. The number of carboxylic acid groups (broad SMARTS) is 1. The second-order valence-electron chi connectivity index (χ2n) is 6.25. The Kier molecular flexibility index (Phi) is 12.4. The average molecular weight is 341 g/mol. The number of aliphatic carboxylic acids is 1. The van der Waals surface area contributed by atoms with Crippen LogP contribution in [0.15, 0.2) is 0 Å². The topological polar surface area (TPSA) is 151 Å². The van der Waals surface area contributed by atoms with E-state index in [-0.39, 0.29) is 12.7 Å². The Morgan fingerprint density at radius 2 is 1.61 bits per heavy atom. The number of rotatable bonds is 9. The third kappa shape index (κ3) is 12.3. The van der Waals surface area contributed by atoms with Crippen molar-refractivity contribution in [3.63, 3.8) is 0 Å². The molecule has 5 atom stereocenters. The van der Waals surface area contributed by atoms with Gasteiger partial charge in [0, 0.05) is 6.61 Å². The number of aliphatic hydroxyl groups excluding tert-OH is 5. The van der Waals surface area contributed by atoms with Gasteiger partial charge in [0.2, 0.25) is 0 Å². The van der Waals surface area contributed by atoms with Crippen molar-refractivity contribution in [1.29, 1.82) is 0 Å². The van der Waals surface area contributed by atoms with Crippen LogP contribution in [0, 0.1) is 0 Å². The fourth-order valence-electron chi connectivity index (χ4n) is 1.79. The number of nitrogens with zero attached hydrogens (tertiary/aromatic N) is 1. The van der Waals surface area contributed by atoms with Gasteiger partial charge in [0.05, 0.1) is 33.7 Å². The van der Waals surface area contributed by atoms with Gasteiger partial charge < -0.3 is 44.7 Å². The molecule has 9 heteroatoms. The monoisotopic (exact) mass is 341 g/mol. The molecule has 0 aromatic heterocycles. The number of ether oxygens (including phenoxy) is 1. The zero-order valence-electron chi connectivity index (χ0n) is 14.4. The molecule has 0 aromatic rings. The predicted molar refractivity (Wildman–Crippen MR) is 80.1 cm³/mol. The molecule has 0 bridgehead atoms. The maximum absolute atomic E-state index is 10.5. The van der Waals surface area contributed by atoms with Crippen molar-refractivity contribution in [2.24, 2.45) is 0 Å². The van der Waals surface area contributed by atoms with Gasteiger partial charge in [-0.2, -0.15) is 0 Å². The maximum Gasteiger partial charge on any atom is 0.125 e. The molecular weight excluding hydrogens is 310 g/mol. The van der Waals surface area contributed by atoms with Crippen LogP contribution in [0.5, 0.6) is 0 Å². The Bertz CT molecular complexity index is 318. The van der Waals surface area contributed by atoms with Gasteiger partial charge in [0.1, 0.15) is 37.1 Å². The molecule has 0 rings (SSSR count). The van der Waals surface area contributed by atoms with Crippen LogP contribution < -0.4 is 5.11 Å². The highest BCUT2D eigenvalue weighted by molar-refractivity contribution is 5.70. The molecule has 0 amide bonds. The van der Waals surface area contributed by atoms with Gasteiger partial charge >= 0.3 is 0 Å². The highest BCUT2D eigenvalue weighted by atomic mass is 16.5. The Labute approximate surface area is 136 Å². The van der Waals surface area contributed by atoms with Crippen molar-refractivity contribution in [3.05, 3.63) is 0 Å². The van der Waals surface area contributed by atoms with E-state index in [2.05, 4.69) is 25.9 Å². The molecule has 0 radical (unpaired) electrons. The quantitative estimate of drug-likeness (QED) is 0.269. The van der Waals surface area contributed by atoms with Crippen LogP contribution in [0.2, 0.25) is 0 Å². The average Bonchev–Trinajstić information content (AvgIpc) is 2.39. The lowest BCUT2D eigenvalue weighted by Gasteiger charge is -2.29. The SMILES string of the molecule is CC(O)C[N+](C)(C)C.CCOC(C(=O)[O-])C(O)C(O)C(O)CO. The number of carbonyl (C=O) groups excluding carboxylic acids is 1. The minimum absolute atomic E-state index is 0.00233. The number of hydrogen-bond donors (Lipinski definition) is 5. The Balaban J connectivity index is 0. The summed E-state index contributed by atoms with van der Waals surface area (Å²) in [7, 11) is 6.19. The lowest BCUT2D eigenvalue weighted by Crippen LogP contribution is -2.53. The van der Waals surface area contributed by atoms with E-state index in [1.54, 1.807) is 0 Å². The van der Waals surface area contributed by atoms with Crippen LogP contribution >= 0.6 is 0 Å². The van der Waals surface area contributed by atoms with Gasteiger partial charge in [0.15, 0.2) is 0 Å². The summed E-state index contributed by atoms with van der Waals surface area (Å²) in [5.74, 6) is -1.70. The third-order valence-electron chi connectivity index (χ3n) is 2.63. The molecule has 0 fully saturated rings. The summed E-state index contributed by atoms with van der Waals surface area (Å²) in [6.45, 7) is 3.32. The summed E-state index contributed by atoms with van der Waals surface area (Å²) < 4.78 is 5.45. The molecule has 0 spiro atoms. The van der Waals surface area contributed by atoms with Gasteiger partial charge in [-0.3, -0.25) is 0 Å². The van der Waals surface area contributed by atoms with Crippen LogP contribution in [-0.4, -0.2) is 107 Å². The number of quaternary nitrogens is 1. The van der Waals surface area contributed by atoms with Crippen molar-refractivity contribution in [2.75, 3.05) is 40.9 Å². The Morgan fingerprint density at radius 3 is 1.83 bits per heavy atom. The normalized spacial score (nSPS) is 18.2. The first kappa shape index (κ1) is 24.4. The number of likely N-dealkylation sites (N-methyl/N-ethyl adjacent to an activating group) is 1. The molecule has 23 heavy (non-hydrogen) atoms. The van der Waals surface area contributed by atoms with Crippen molar-refractivity contribution >= 4 is 5.97 Å². The summed E-state index contributed by atoms with van der Waals surface area (Å²) in [4.78, 5) is 10.5. The summed E-state index contributed by atoms with van der Waals surface area (Å²) in [5, 5.41) is 55.3. The molecular formula is C14H31NO8. The van der Waals surface area contributed by atoms with E-state index in [1.165, 1.54) is 6.92 Å². The van der Waals surface area contributed by atoms with E-state index < -0.39 is 37.0 Å². The van der Waals surface area contributed by atoms with E-state index in [0.29, 0.717) is 0 Å². The minimum Gasteiger partial charge on any atom is -0.547 e. The van der Waals surface area contributed by atoms with Gasteiger partial charge in [-0.05, 0) is 13.8 Å². The number of carbonyl (C=O) groups is 1. The van der Waals surface area contributed by atoms with Crippen LogP contribution in [0.25, 0.3) is 0 Å². The second-order valence-corrected chi connectivity index (χ2v) is 6.25. The minimum atomic E-state index is -1.86. The number of aliphatic hydroxyl groups is 5. The number of hydrogen-bond acceptors (Lipinski definition) is 8. The fourth-order valence-corrected chi connectivity index (χ4v) is 1.79. The molecule has 140 valence electrons. The Hall–Kier alpha value is -0.810. The molecule has 0 saturated heterocycles. The molecule has 5 unspecified atom stereocenters. The van der Waals surface area contributed by atoms with Gasteiger partial charge in [-0.25, -0.2) is 0 Å². The maximum atomic E-state index is 10.5. The third-order valence-corrected chi connectivity index (χ3v) is 2.63. The first-order chi connectivity index (χ1) is 10.4. The summed E-state index contributed by atoms with van der Waals surface area (Å²) in [6, 6.07) is 0. The van der Waals surface area contributed by atoms with E-state index in [1.807, 2.05) is 6.92 Å². The molecule has 0 aliphatic rings. The van der Waals surface area contributed by atoms with Gasteiger partial charge in [-0.15, -0.1) is 0 Å². The largest absolute Gasteiger partial charge is 0.547 e. The zero-order valence-corrected chi connectivity index (χ0v) is 14.4. The van der Waals surface area contributed by atoms with Crippen LogP contribution in [0.1, 0.15) is 13.8 Å². The van der Waals surface area contributed by atoms with Gasteiger partial charge in [-0.1, -0.05) is 0 Å². The van der Waals surface area contributed by atoms with Crippen LogP contribution in [0.3, 0.4) is 0 Å². The van der Waals surface area contributed by atoms with E-state index in [0.717, 1.165) is 11.0 Å². The molecule has 0 aliphatic heterocycles. The standard InChI is InChI=1S/C8H16O7.C6H16NO/c1-2-15-7(8(13)14)6(12)5(11)4(10)3-9;1-6(8)5-7(2,3)4/h4-7,9-12H,2-3H2,1H3,(H,13,14);6,8H,5H2,1-4H3/q;+1/p-1. The molecule has 5 N–H and O–H groups in total. The van der Waals surface area contributed by atoms with Crippen LogP contribution in [0.4, 0.5) is 0 Å². The first-order valence-electron chi connectivity index (χ1n) is 7.33.